The highest BCUT2D eigenvalue weighted by molar-refractivity contribution is 7.92. The van der Waals surface area contributed by atoms with Gasteiger partial charge in [0.25, 0.3) is 5.91 Å². The van der Waals surface area contributed by atoms with Gasteiger partial charge in [0.15, 0.2) is 0 Å². The fraction of sp³-hybridized carbons (Fsp3) is 0.250. The summed E-state index contributed by atoms with van der Waals surface area (Å²) in [5, 5.41) is 4.19. The molecule has 2 aromatic carbocycles. The van der Waals surface area contributed by atoms with Gasteiger partial charge in [0, 0.05) is 42.5 Å². The molecule has 4 rings (SSSR count). The highest BCUT2D eigenvalue weighted by Gasteiger charge is 2.27. The third-order valence-electron chi connectivity index (χ3n) is 5.27. The molecule has 9 heteroatoms. The van der Waals surface area contributed by atoms with Crippen LogP contribution in [0.1, 0.15) is 26.6 Å². The number of thiazole rings is 1. The molecule has 7 nitrogen and oxygen atoms in total. The molecular formula is C24H25N3O4S2. The summed E-state index contributed by atoms with van der Waals surface area (Å²) in [6.45, 7) is 3.55. The average Bonchev–Trinajstić information content (AvgIpc) is 3.27. The van der Waals surface area contributed by atoms with E-state index in [1.54, 1.807) is 46.6 Å². The number of carbonyl (C=O) groups excluding carboxylic acids is 1. The molecule has 3 aromatic rings. The van der Waals surface area contributed by atoms with Crippen LogP contribution in [-0.2, 0) is 16.6 Å². The van der Waals surface area contributed by atoms with Gasteiger partial charge in [-0.1, -0.05) is 30.3 Å². The highest BCUT2D eigenvalue weighted by Crippen LogP contribution is 2.18. The summed E-state index contributed by atoms with van der Waals surface area (Å²) >= 11 is 1.58. The molecule has 0 unspecified atom stereocenters. The van der Waals surface area contributed by atoms with E-state index in [2.05, 4.69) is 4.98 Å². The van der Waals surface area contributed by atoms with Crippen LogP contribution in [0.2, 0.25) is 0 Å². The minimum atomic E-state index is -3.53. The molecule has 1 amide bonds. The number of aromatic nitrogens is 1. The maximum atomic E-state index is 12.9. The van der Waals surface area contributed by atoms with Crippen molar-refractivity contribution < 1.29 is 17.9 Å². The second-order valence-corrected chi connectivity index (χ2v) is 10.5. The number of aryl methyl sites for hydroxylation is 1. The molecule has 0 saturated carbocycles. The number of amides is 1. The predicted molar refractivity (Wildman–Crippen MR) is 129 cm³/mol. The van der Waals surface area contributed by atoms with Gasteiger partial charge in [-0.2, -0.15) is 4.31 Å². The van der Waals surface area contributed by atoms with Crippen molar-refractivity contribution in [3.63, 3.8) is 0 Å². The first-order valence-corrected chi connectivity index (χ1v) is 13.0. The van der Waals surface area contributed by atoms with E-state index in [0.29, 0.717) is 31.0 Å². The summed E-state index contributed by atoms with van der Waals surface area (Å²) in [6.07, 6.45) is 1.59. The minimum absolute atomic E-state index is 0.117. The fourth-order valence-corrected chi connectivity index (χ4v) is 5.24. The fourth-order valence-electron chi connectivity index (χ4n) is 3.47. The summed E-state index contributed by atoms with van der Waals surface area (Å²) in [7, 11) is -3.53. The lowest BCUT2D eigenvalue weighted by Crippen LogP contribution is -2.50. The molecule has 0 N–H and O–H groups in total. The Bertz CT molecular complexity index is 1210. The van der Waals surface area contributed by atoms with Gasteiger partial charge in [-0.25, -0.2) is 13.4 Å². The first-order valence-electron chi connectivity index (χ1n) is 10.6. The molecule has 0 radical (unpaired) electrons. The van der Waals surface area contributed by atoms with Crippen LogP contribution in [0.25, 0.3) is 6.08 Å². The lowest BCUT2D eigenvalue weighted by atomic mass is 10.2. The van der Waals surface area contributed by atoms with Crippen molar-refractivity contribution in [1.82, 2.24) is 14.2 Å². The standard InChI is InChI=1S/C24H25N3O4S2/c1-19-25-22(18-32-19)17-31-23-9-7-21(8-10-23)24(28)26-12-14-27(15-13-26)33(29,30)16-11-20-5-3-2-4-6-20/h2-11,16,18H,12-15,17H2,1H3/b16-11+. The van der Waals surface area contributed by atoms with Crippen LogP contribution < -0.4 is 4.74 Å². The lowest BCUT2D eigenvalue weighted by Gasteiger charge is -2.33. The smallest absolute Gasteiger partial charge is 0.253 e. The van der Waals surface area contributed by atoms with E-state index in [4.69, 9.17) is 4.74 Å². The van der Waals surface area contributed by atoms with E-state index in [0.717, 1.165) is 16.3 Å². The summed E-state index contributed by atoms with van der Waals surface area (Å²) in [6, 6.07) is 16.3. The van der Waals surface area contributed by atoms with Crippen LogP contribution in [0.4, 0.5) is 0 Å². The Labute approximate surface area is 198 Å². The number of piperazine rings is 1. The van der Waals surface area contributed by atoms with E-state index >= 15 is 0 Å². The molecule has 0 aliphatic carbocycles. The Morgan fingerprint density at radius 2 is 1.76 bits per heavy atom. The third-order valence-corrected chi connectivity index (χ3v) is 7.66. The Balaban J connectivity index is 1.30. The van der Waals surface area contributed by atoms with Crippen LogP contribution in [0, 0.1) is 6.92 Å². The van der Waals surface area contributed by atoms with Gasteiger partial charge in [0.1, 0.15) is 12.4 Å². The average molecular weight is 484 g/mol. The molecule has 172 valence electrons. The molecular weight excluding hydrogens is 458 g/mol. The molecule has 33 heavy (non-hydrogen) atoms. The van der Waals surface area contributed by atoms with Crippen molar-refractivity contribution >= 4 is 33.3 Å². The quantitative estimate of drug-likeness (QED) is 0.511. The molecule has 1 aliphatic rings. The van der Waals surface area contributed by atoms with Crippen LogP contribution >= 0.6 is 11.3 Å². The van der Waals surface area contributed by atoms with Gasteiger partial charge in [0.05, 0.1) is 10.7 Å². The van der Waals surface area contributed by atoms with Gasteiger partial charge in [-0.3, -0.25) is 4.79 Å². The van der Waals surface area contributed by atoms with Crippen molar-refractivity contribution in [2.24, 2.45) is 0 Å². The zero-order valence-corrected chi connectivity index (χ0v) is 19.9. The second-order valence-electron chi connectivity index (χ2n) is 7.62. The number of benzene rings is 2. The first-order chi connectivity index (χ1) is 15.9. The number of nitrogens with zero attached hydrogens (tertiary/aromatic N) is 3. The largest absolute Gasteiger partial charge is 0.487 e. The number of hydrogen-bond acceptors (Lipinski definition) is 6. The van der Waals surface area contributed by atoms with Gasteiger partial charge >= 0.3 is 0 Å². The lowest BCUT2D eigenvalue weighted by molar-refractivity contribution is 0.0698. The molecule has 0 atom stereocenters. The van der Waals surface area contributed by atoms with Gasteiger partial charge < -0.3 is 9.64 Å². The van der Waals surface area contributed by atoms with E-state index in [1.807, 2.05) is 42.6 Å². The predicted octanol–water partition coefficient (Wildman–Crippen LogP) is 3.79. The van der Waals surface area contributed by atoms with Crippen molar-refractivity contribution in [2.45, 2.75) is 13.5 Å². The molecule has 0 bridgehead atoms. The molecule has 0 spiro atoms. The van der Waals surface area contributed by atoms with Crippen LogP contribution in [0.5, 0.6) is 5.75 Å². The van der Waals surface area contributed by atoms with E-state index < -0.39 is 10.0 Å². The van der Waals surface area contributed by atoms with Crippen LogP contribution in [0.15, 0.2) is 65.4 Å². The van der Waals surface area contributed by atoms with E-state index in [9.17, 15) is 13.2 Å². The second kappa shape index (κ2) is 10.3. The van der Waals surface area contributed by atoms with Crippen LogP contribution in [-0.4, -0.2) is 54.7 Å². The van der Waals surface area contributed by atoms with Crippen molar-refractivity contribution in [1.29, 1.82) is 0 Å². The number of sulfonamides is 1. The minimum Gasteiger partial charge on any atom is -0.487 e. The summed E-state index contributed by atoms with van der Waals surface area (Å²) in [4.78, 5) is 18.9. The van der Waals surface area contributed by atoms with Gasteiger partial charge in [-0.05, 0) is 42.8 Å². The molecule has 1 aliphatic heterocycles. The summed E-state index contributed by atoms with van der Waals surface area (Å²) in [5.74, 6) is 0.548. The zero-order valence-electron chi connectivity index (χ0n) is 18.3. The molecule has 1 fully saturated rings. The number of carbonyl (C=O) groups is 1. The Morgan fingerprint density at radius 3 is 2.39 bits per heavy atom. The van der Waals surface area contributed by atoms with E-state index in [1.165, 1.54) is 9.71 Å². The van der Waals surface area contributed by atoms with Crippen molar-refractivity contribution in [3.8, 4) is 5.75 Å². The van der Waals surface area contributed by atoms with Crippen molar-refractivity contribution in [2.75, 3.05) is 26.2 Å². The Kier molecular flexibility index (Phi) is 7.22. The maximum absolute atomic E-state index is 12.9. The first kappa shape index (κ1) is 23.2. The summed E-state index contributed by atoms with van der Waals surface area (Å²) < 4.78 is 32.4. The molecule has 1 aromatic heterocycles. The van der Waals surface area contributed by atoms with Gasteiger partial charge in [0.2, 0.25) is 10.0 Å². The molecule has 1 saturated heterocycles. The Hall–Kier alpha value is -3.01. The van der Waals surface area contributed by atoms with Gasteiger partial charge in [-0.15, -0.1) is 11.3 Å². The van der Waals surface area contributed by atoms with E-state index in [-0.39, 0.29) is 19.0 Å². The number of rotatable bonds is 7. The zero-order chi connectivity index (χ0) is 23.3. The number of hydrogen-bond donors (Lipinski definition) is 0. The topological polar surface area (TPSA) is 79.8 Å². The van der Waals surface area contributed by atoms with Crippen molar-refractivity contribution in [3.05, 3.63) is 87.2 Å². The summed E-state index contributed by atoms with van der Waals surface area (Å²) in [5.41, 5.74) is 2.25. The number of ether oxygens (including phenoxy) is 1. The Morgan fingerprint density at radius 1 is 1.06 bits per heavy atom. The monoisotopic (exact) mass is 483 g/mol. The third kappa shape index (κ3) is 6.07. The highest BCUT2D eigenvalue weighted by atomic mass is 32.2. The molecule has 2 heterocycles. The SMILES string of the molecule is Cc1nc(COc2ccc(C(=O)N3CCN(S(=O)(=O)/C=C/c4ccccc4)CC3)cc2)cs1. The van der Waals surface area contributed by atoms with Crippen LogP contribution in [0.3, 0.4) is 0 Å². The normalized spacial score (nSPS) is 15.1. The maximum Gasteiger partial charge on any atom is 0.253 e.